The Morgan fingerprint density at radius 2 is 2.00 bits per heavy atom. The van der Waals surface area contributed by atoms with Crippen LogP contribution in [0.15, 0.2) is 23.1 Å². The van der Waals surface area contributed by atoms with Gasteiger partial charge in [-0.2, -0.15) is 4.31 Å². The molecular weight excluding hydrogens is 264 g/mol. The molecule has 1 fully saturated rings. The van der Waals surface area contributed by atoms with E-state index >= 15 is 0 Å². The van der Waals surface area contributed by atoms with E-state index in [0.29, 0.717) is 6.54 Å². The summed E-state index contributed by atoms with van der Waals surface area (Å²) in [6.07, 6.45) is 3.99. The normalized spacial score (nSPS) is 17.2. The molecule has 0 aromatic heterocycles. The zero-order valence-corrected chi connectivity index (χ0v) is 11.9. The van der Waals surface area contributed by atoms with Gasteiger partial charge in [0, 0.05) is 12.6 Å². The van der Waals surface area contributed by atoms with Crippen molar-refractivity contribution in [3.8, 4) is 5.75 Å². The van der Waals surface area contributed by atoms with Gasteiger partial charge < -0.3 is 10.8 Å². The van der Waals surface area contributed by atoms with Crippen molar-refractivity contribution in [2.24, 2.45) is 0 Å². The molecule has 3 N–H and O–H groups in total. The molecule has 0 unspecified atom stereocenters. The average molecular weight is 284 g/mol. The van der Waals surface area contributed by atoms with Crippen LogP contribution in [0.4, 0.5) is 5.69 Å². The Morgan fingerprint density at radius 1 is 1.37 bits per heavy atom. The summed E-state index contributed by atoms with van der Waals surface area (Å²) >= 11 is 0. The van der Waals surface area contributed by atoms with Crippen LogP contribution in [0.5, 0.6) is 5.75 Å². The topological polar surface area (TPSA) is 83.6 Å². The highest BCUT2D eigenvalue weighted by Crippen LogP contribution is 2.30. The van der Waals surface area contributed by atoms with Gasteiger partial charge in [-0.15, -0.1) is 0 Å². The maximum absolute atomic E-state index is 12.6. The molecule has 0 bridgehead atoms. The zero-order valence-electron chi connectivity index (χ0n) is 11.0. The lowest BCUT2D eigenvalue weighted by Gasteiger charge is -2.26. The van der Waals surface area contributed by atoms with Gasteiger partial charge in [0.15, 0.2) is 0 Å². The number of nitrogen functional groups attached to an aromatic ring is 1. The van der Waals surface area contributed by atoms with Crippen LogP contribution in [-0.4, -0.2) is 30.4 Å². The van der Waals surface area contributed by atoms with Gasteiger partial charge >= 0.3 is 0 Å². The highest BCUT2D eigenvalue weighted by molar-refractivity contribution is 7.89. The van der Waals surface area contributed by atoms with Crippen molar-refractivity contribution < 1.29 is 13.5 Å². The molecule has 1 saturated carbocycles. The lowest BCUT2D eigenvalue weighted by atomic mass is 10.2. The molecule has 0 aliphatic heterocycles. The largest absolute Gasteiger partial charge is 0.506 e. The molecule has 0 amide bonds. The number of benzene rings is 1. The Morgan fingerprint density at radius 3 is 2.53 bits per heavy atom. The van der Waals surface area contributed by atoms with Crippen molar-refractivity contribution in [3.05, 3.63) is 18.2 Å². The monoisotopic (exact) mass is 284 g/mol. The van der Waals surface area contributed by atoms with E-state index < -0.39 is 10.0 Å². The van der Waals surface area contributed by atoms with Crippen LogP contribution in [0.3, 0.4) is 0 Å². The van der Waals surface area contributed by atoms with E-state index in [1.54, 1.807) is 4.31 Å². The summed E-state index contributed by atoms with van der Waals surface area (Å²) in [4.78, 5) is 0.150. The van der Waals surface area contributed by atoms with E-state index in [9.17, 15) is 13.5 Å². The Labute approximate surface area is 114 Å². The van der Waals surface area contributed by atoms with Crippen molar-refractivity contribution >= 4 is 15.7 Å². The third-order valence-electron chi connectivity index (χ3n) is 3.65. The fourth-order valence-electron chi connectivity index (χ4n) is 2.65. The number of hydrogen-bond donors (Lipinski definition) is 2. The molecule has 0 saturated heterocycles. The summed E-state index contributed by atoms with van der Waals surface area (Å²) in [5, 5.41) is 9.38. The van der Waals surface area contributed by atoms with Crippen LogP contribution in [-0.2, 0) is 10.0 Å². The molecule has 0 heterocycles. The molecule has 1 aromatic carbocycles. The highest BCUT2D eigenvalue weighted by atomic mass is 32.2. The van der Waals surface area contributed by atoms with Gasteiger partial charge in [-0.25, -0.2) is 8.42 Å². The van der Waals surface area contributed by atoms with Crippen molar-refractivity contribution in [1.82, 2.24) is 4.31 Å². The van der Waals surface area contributed by atoms with Crippen LogP contribution in [0.25, 0.3) is 0 Å². The fourth-order valence-corrected chi connectivity index (χ4v) is 4.38. The summed E-state index contributed by atoms with van der Waals surface area (Å²) < 4.78 is 26.8. The molecule has 1 aromatic rings. The summed E-state index contributed by atoms with van der Waals surface area (Å²) in [6.45, 7) is 2.30. The minimum Gasteiger partial charge on any atom is -0.506 e. The molecule has 2 rings (SSSR count). The van der Waals surface area contributed by atoms with E-state index in [0.717, 1.165) is 25.7 Å². The number of sulfonamides is 1. The van der Waals surface area contributed by atoms with Gasteiger partial charge in [0.25, 0.3) is 0 Å². The van der Waals surface area contributed by atoms with Crippen LogP contribution >= 0.6 is 0 Å². The van der Waals surface area contributed by atoms with Crippen molar-refractivity contribution in [2.75, 3.05) is 12.3 Å². The lowest BCUT2D eigenvalue weighted by molar-refractivity contribution is 0.335. The van der Waals surface area contributed by atoms with Crippen molar-refractivity contribution in [1.29, 1.82) is 0 Å². The maximum Gasteiger partial charge on any atom is 0.243 e. The van der Waals surface area contributed by atoms with E-state index in [4.69, 9.17) is 5.73 Å². The van der Waals surface area contributed by atoms with Crippen molar-refractivity contribution in [2.45, 2.75) is 43.5 Å². The zero-order chi connectivity index (χ0) is 14.0. The number of anilines is 1. The number of nitrogens with two attached hydrogens (primary N) is 1. The van der Waals surface area contributed by atoms with Gasteiger partial charge in [-0.1, -0.05) is 19.8 Å². The third kappa shape index (κ3) is 2.69. The number of rotatable bonds is 4. The first-order chi connectivity index (χ1) is 8.96. The number of phenolic OH excluding ortho intramolecular Hbond substituents is 1. The Hall–Kier alpha value is -1.27. The van der Waals surface area contributed by atoms with E-state index in [1.807, 2.05) is 6.92 Å². The molecule has 5 nitrogen and oxygen atoms in total. The molecule has 0 spiro atoms. The van der Waals surface area contributed by atoms with E-state index in [2.05, 4.69) is 0 Å². The fraction of sp³-hybridized carbons (Fsp3) is 0.538. The summed E-state index contributed by atoms with van der Waals surface area (Å²) in [7, 11) is -3.53. The Bertz CT molecular complexity index is 551. The van der Waals surface area contributed by atoms with Gasteiger partial charge in [-0.05, 0) is 31.0 Å². The second-order valence-corrected chi connectivity index (χ2v) is 6.76. The number of aromatic hydroxyl groups is 1. The van der Waals surface area contributed by atoms with Crippen LogP contribution < -0.4 is 5.73 Å². The van der Waals surface area contributed by atoms with Crippen LogP contribution in [0.1, 0.15) is 32.6 Å². The maximum atomic E-state index is 12.6. The van der Waals surface area contributed by atoms with Gasteiger partial charge in [0.05, 0.1) is 10.6 Å². The third-order valence-corrected chi connectivity index (χ3v) is 5.67. The summed E-state index contributed by atoms with van der Waals surface area (Å²) in [5.41, 5.74) is 5.67. The minimum atomic E-state index is -3.53. The second-order valence-electron chi connectivity index (χ2n) is 4.87. The standard InChI is InChI=1S/C13H20N2O3S/c1-2-15(10-5-3-4-6-10)19(17,18)11-7-8-13(16)12(14)9-11/h7-10,16H,2-6,14H2,1H3. The molecule has 6 heteroatoms. The number of hydrogen-bond acceptors (Lipinski definition) is 4. The summed E-state index contributed by atoms with van der Waals surface area (Å²) in [5.74, 6) is -0.0946. The molecular formula is C13H20N2O3S. The predicted octanol–water partition coefficient (Wildman–Crippen LogP) is 1.93. The Balaban J connectivity index is 2.36. The lowest BCUT2D eigenvalue weighted by Crippen LogP contribution is -2.38. The van der Waals surface area contributed by atoms with Gasteiger partial charge in [0.2, 0.25) is 10.0 Å². The second kappa shape index (κ2) is 5.38. The van der Waals surface area contributed by atoms with E-state index in [1.165, 1.54) is 18.2 Å². The summed E-state index contributed by atoms with van der Waals surface area (Å²) in [6, 6.07) is 4.14. The smallest absolute Gasteiger partial charge is 0.243 e. The molecule has 0 radical (unpaired) electrons. The molecule has 106 valence electrons. The average Bonchev–Trinajstić information content (AvgIpc) is 2.86. The minimum absolute atomic E-state index is 0.0866. The van der Waals surface area contributed by atoms with Crippen molar-refractivity contribution in [3.63, 3.8) is 0 Å². The van der Waals surface area contributed by atoms with Gasteiger partial charge in [0.1, 0.15) is 5.75 Å². The van der Waals surface area contributed by atoms with Crippen LogP contribution in [0, 0.1) is 0 Å². The number of phenols is 1. The van der Waals surface area contributed by atoms with Crippen LogP contribution in [0.2, 0.25) is 0 Å². The Kier molecular flexibility index (Phi) is 4.01. The van der Waals surface area contributed by atoms with Gasteiger partial charge in [-0.3, -0.25) is 0 Å². The predicted molar refractivity (Wildman–Crippen MR) is 74.3 cm³/mol. The SMILES string of the molecule is CCN(C1CCCC1)S(=O)(=O)c1ccc(O)c(N)c1. The molecule has 19 heavy (non-hydrogen) atoms. The number of nitrogens with zero attached hydrogens (tertiary/aromatic N) is 1. The molecule has 0 atom stereocenters. The highest BCUT2D eigenvalue weighted by Gasteiger charge is 2.32. The quantitative estimate of drug-likeness (QED) is 0.653. The molecule has 1 aliphatic rings. The first kappa shape index (κ1) is 14.1. The first-order valence-corrected chi connectivity index (χ1v) is 8.01. The molecule has 1 aliphatic carbocycles. The first-order valence-electron chi connectivity index (χ1n) is 6.57. The van der Waals surface area contributed by atoms with E-state index in [-0.39, 0.29) is 22.4 Å².